The van der Waals surface area contributed by atoms with E-state index in [1.165, 1.54) is 0 Å². The van der Waals surface area contributed by atoms with Gasteiger partial charge < -0.3 is 9.64 Å². The van der Waals surface area contributed by atoms with Crippen LogP contribution in [0.3, 0.4) is 0 Å². The summed E-state index contributed by atoms with van der Waals surface area (Å²) < 4.78 is 5.02. The maximum Gasteiger partial charge on any atom is 0.338 e. The average Bonchev–Trinajstić information content (AvgIpc) is 2.39. The molecule has 1 aliphatic rings. The Balaban J connectivity index is 2.41. The Morgan fingerprint density at radius 3 is 2.65 bits per heavy atom. The van der Waals surface area contributed by atoms with Crippen molar-refractivity contribution in [3.8, 4) is 0 Å². The predicted octanol–water partition coefficient (Wildman–Crippen LogP) is 2.80. The lowest BCUT2D eigenvalue weighted by Gasteiger charge is -2.39. The number of carbonyl (C=O) groups is 2. The Kier molecular flexibility index (Phi) is 4.12. The van der Waals surface area contributed by atoms with Crippen LogP contribution in [0.25, 0.3) is 0 Å². The van der Waals surface area contributed by atoms with E-state index in [-0.39, 0.29) is 17.9 Å². The van der Waals surface area contributed by atoms with Crippen molar-refractivity contribution in [1.82, 2.24) is 0 Å². The van der Waals surface area contributed by atoms with Gasteiger partial charge >= 0.3 is 5.97 Å². The van der Waals surface area contributed by atoms with Crippen molar-refractivity contribution in [2.45, 2.75) is 40.2 Å². The third-order valence-corrected chi connectivity index (χ3v) is 3.96. The first-order chi connectivity index (χ1) is 9.45. The van der Waals surface area contributed by atoms with E-state index in [4.69, 9.17) is 4.74 Å². The Morgan fingerprint density at radius 1 is 1.35 bits per heavy atom. The van der Waals surface area contributed by atoms with Gasteiger partial charge in [-0.05, 0) is 49.9 Å². The maximum absolute atomic E-state index is 11.9. The number of benzene rings is 1. The number of rotatable bonds is 2. The van der Waals surface area contributed by atoms with E-state index in [1.54, 1.807) is 19.9 Å². The highest BCUT2D eigenvalue weighted by atomic mass is 16.5. The highest BCUT2D eigenvalue weighted by molar-refractivity contribution is 5.95. The van der Waals surface area contributed by atoms with Crippen molar-refractivity contribution in [2.75, 3.05) is 11.5 Å². The molecule has 0 saturated heterocycles. The van der Waals surface area contributed by atoms with Crippen LogP contribution in [-0.4, -0.2) is 24.5 Å². The molecule has 0 fully saturated rings. The zero-order chi connectivity index (χ0) is 14.9. The van der Waals surface area contributed by atoms with Crippen molar-refractivity contribution in [1.29, 1.82) is 0 Å². The van der Waals surface area contributed by atoms with Gasteiger partial charge in [0.05, 0.1) is 12.2 Å². The molecule has 2 unspecified atom stereocenters. The number of anilines is 1. The second-order valence-electron chi connectivity index (χ2n) is 5.37. The van der Waals surface area contributed by atoms with E-state index in [2.05, 4.69) is 13.8 Å². The van der Waals surface area contributed by atoms with E-state index in [0.29, 0.717) is 18.1 Å². The minimum atomic E-state index is -0.309. The average molecular weight is 275 g/mol. The number of esters is 1. The Hall–Kier alpha value is -1.84. The molecule has 20 heavy (non-hydrogen) atoms. The lowest BCUT2D eigenvalue weighted by molar-refractivity contribution is -0.117. The van der Waals surface area contributed by atoms with Gasteiger partial charge in [-0.25, -0.2) is 4.79 Å². The van der Waals surface area contributed by atoms with Crippen LogP contribution >= 0.6 is 0 Å². The molecular formula is C16H21NO3. The summed E-state index contributed by atoms with van der Waals surface area (Å²) in [6.07, 6.45) is 0.869. The predicted molar refractivity (Wildman–Crippen MR) is 77.9 cm³/mol. The normalized spacial score (nSPS) is 21.3. The summed E-state index contributed by atoms with van der Waals surface area (Å²) in [6.45, 7) is 7.92. The van der Waals surface area contributed by atoms with Crippen LogP contribution in [0.15, 0.2) is 18.2 Å². The lowest BCUT2D eigenvalue weighted by atomic mass is 9.87. The van der Waals surface area contributed by atoms with Gasteiger partial charge in [-0.2, -0.15) is 0 Å². The molecule has 0 saturated carbocycles. The lowest BCUT2D eigenvalue weighted by Crippen LogP contribution is -2.45. The molecule has 2 rings (SSSR count). The molecule has 0 aliphatic carbocycles. The first-order valence-corrected chi connectivity index (χ1v) is 7.05. The molecule has 4 nitrogen and oxygen atoms in total. The molecule has 0 N–H and O–H groups in total. The van der Waals surface area contributed by atoms with E-state index < -0.39 is 0 Å². The van der Waals surface area contributed by atoms with Crippen LogP contribution in [0.5, 0.6) is 0 Å². The molecule has 2 atom stereocenters. The topological polar surface area (TPSA) is 46.6 Å². The van der Waals surface area contributed by atoms with Gasteiger partial charge in [0, 0.05) is 18.7 Å². The highest BCUT2D eigenvalue weighted by Crippen LogP contribution is 2.34. The van der Waals surface area contributed by atoms with Crippen molar-refractivity contribution in [3.05, 3.63) is 29.3 Å². The Morgan fingerprint density at radius 2 is 2.05 bits per heavy atom. The van der Waals surface area contributed by atoms with Crippen LogP contribution in [0.1, 0.15) is 43.6 Å². The molecule has 0 bridgehead atoms. The second kappa shape index (κ2) is 5.65. The molecular weight excluding hydrogens is 254 g/mol. The quantitative estimate of drug-likeness (QED) is 0.780. The van der Waals surface area contributed by atoms with Gasteiger partial charge in [-0.1, -0.05) is 6.92 Å². The van der Waals surface area contributed by atoms with Gasteiger partial charge in [0.2, 0.25) is 5.91 Å². The van der Waals surface area contributed by atoms with Gasteiger partial charge in [0.1, 0.15) is 0 Å². The molecule has 0 spiro atoms. The number of amides is 1. The maximum atomic E-state index is 11.9. The van der Waals surface area contributed by atoms with Crippen LogP contribution in [0.4, 0.5) is 5.69 Å². The minimum absolute atomic E-state index is 0.0363. The van der Waals surface area contributed by atoms with Gasteiger partial charge in [0.15, 0.2) is 0 Å². The summed E-state index contributed by atoms with van der Waals surface area (Å²) in [5.41, 5.74) is 2.50. The molecule has 108 valence electrons. The SMILES string of the molecule is CCOC(=O)c1ccc2c(c1)CC(C)C(C)N2C(C)=O. The number of hydrogen-bond donors (Lipinski definition) is 0. The molecule has 1 aliphatic heterocycles. The monoisotopic (exact) mass is 275 g/mol. The van der Waals surface area contributed by atoms with E-state index in [9.17, 15) is 9.59 Å². The van der Waals surface area contributed by atoms with Crippen molar-refractivity contribution < 1.29 is 14.3 Å². The summed E-state index contributed by atoms with van der Waals surface area (Å²) in [5, 5.41) is 0. The van der Waals surface area contributed by atoms with Crippen molar-refractivity contribution in [3.63, 3.8) is 0 Å². The zero-order valence-corrected chi connectivity index (χ0v) is 12.5. The van der Waals surface area contributed by atoms with Crippen molar-refractivity contribution in [2.24, 2.45) is 5.92 Å². The number of carbonyl (C=O) groups excluding carboxylic acids is 2. The van der Waals surface area contributed by atoms with Crippen molar-refractivity contribution >= 4 is 17.6 Å². The molecule has 1 heterocycles. The Bertz CT molecular complexity index is 539. The minimum Gasteiger partial charge on any atom is -0.462 e. The molecule has 1 aromatic rings. The largest absolute Gasteiger partial charge is 0.462 e. The molecule has 1 amide bonds. The summed E-state index contributed by atoms with van der Waals surface area (Å²) in [5.74, 6) is 0.0916. The number of nitrogens with zero attached hydrogens (tertiary/aromatic N) is 1. The van der Waals surface area contributed by atoms with Gasteiger partial charge in [0.25, 0.3) is 0 Å². The fourth-order valence-corrected chi connectivity index (χ4v) is 2.77. The molecule has 0 radical (unpaired) electrons. The summed E-state index contributed by atoms with van der Waals surface area (Å²) in [7, 11) is 0. The van der Waals surface area contributed by atoms with Gasteiger partial charge in [-0.3, -0.25) is 4.79 Å². The Labute approximate surface area is 119 Å². The van der Waals surface area contributed by atoms with E-state index in [0.717, 1.165) is 17.7 Å². The first kappa shape index (κ1) is 14.6. The van der Waals surface area contributed by atoms with Gasteiger partial charge in [-0.15, -0.1) is 0 Å². The molecule has 4 heteroatoms. The fourth-order valence-electron chi connectivity index (χ4n) is 2.77. The number of hydrogen-bond acceptors (Lipinski definition) is 3. The van der Waals surface area contributed by atoms with Crippen LogP contribution in [0.2, 0.25) is 0 Å². The number of fused-ring (bicyclic) bond motifs is 1. The molecule has 1 aromatic carbocycles. The third-order valence-electron chi connectivity index (χ3n) is 3.96. The zero-order valence-electron chi connectivity index (χ0n) is 12.5. The van der Waals surface area contributed by atoms with E-state index >= 15 is 0 Å². The molecule has 0 aromatic heterocycles. The smallest absolute Gasteiger partial charge is 0.338 e. The summed E-state index contributed by atoms with van der Waals surface area (Å²) in [4.78, 5) is 25.5. The number of ether oxygens (including phenoxy) is 1. The van der Waals surface area contributed by atoms with Crippen LogP contribution < -0.4 is 4.90 Å². The second-order valence-corrected chi connectivity index (χ2v) is 5.37. The van der Waals surface area contributed by atoms with E-state index in [1.807, 2.05) is 17.0 Å². The van der Waals surface area contributed by atoms with Crippen LogP contribution in [-0.2, 0) is 16.0 Å². The standard InChI is InChI=1S/C16H21NO3/c1-5-20-16(19)13-6-7-15-14(9-13)8-10(2)11(3)17(15)12(4)18/h6-7,9-11H,5,8H2,1-4H3. The van der Waals surface area contributed by atoms with Crippen LogP contribution in [0, 0.1) is 5.92 Å². The summed E-state index contributed by atoms with van der Waals surface area (Å²) in [6, 6.07) is 5.61. The fraction of sp³-hybridized carbons (Fsp3) is 0.500. The third kappa shape index (κ3) is 2.55. The highest BCUT2D eigenvalue weighted by Gasteiger charge is 2.31. The summed E-state index contributed by atoms with van der Waals surface area (Å²) >= 11 is 0. The first-order valence-electron chi connectivity index (χ1n) is 7.05.